The fourth-order valence-corrected chi connectivity index (χ4v) is 2.26. The van der Waals surface area contributed by atoms with Gasteiger partial charge in [-0.2, -0.15) is 0 Å². The van der Waals surface area contributed by atoms with Crippen molar-refractivity contribution in [3.05, 3.63) is 58.9 Å². The number of ether oxygens (including phenoxy) is 1. The quantitative estimate of drug-likeness (QED) is 0.888. The summed E-state index contributed by atoms with van der Waals surface area (Å²) in [6, 6.07) is 9.72. The average Bonchev–Trinajstić information content (AvgIpc) is 2.43. The van der Waals surface area contributed by atoms with Gasteiger partial charge in [-0.15, -0.1) is 0 Å². The topological polar surface area (TPSA) is 48.1 Å². The Hall–Kier alpha value is -1.58. The molecule has 4 heteroatoms. The van der Waals surface area contributed by atoms with Gasteiger partial charge in [0.1, 0.15) is 5.75 Å². The lowest BCUT2D eigenvalue weighted by Crippen LogP contribution is -2.18. The number of rotatable bonds is 6. The Morgan fingerprint density at radius 2 is 2.15 bits per heavy atom. The fourth-order valence-electron chi connectivity index (χ4n) is 2.02. The second-order valence-corrected chi connectivity index (χ2v) is 5.26. The molecule has 1 heterocycles. The van der Waals surface area contributed by atoms with Crippen LogP contribution in [-0.2, 0) is 12.8 Å². The molecule has 0 radical (unpaired) electrons. The number of benzene rings is 1. The van der Waals surface area contributed by atoms with Gasteiger partial charge in [0.15, 0.2) is 0 Å². The van der Waals surface area contributed by atoms with Crippen molar-refractivity contribution in [1.82, 2.24) is 4.98 Å². The first-order valence-corrected chi connectivity index (χ1v) is 7.09. The third-order valence-corrected chi connectivity index (χ3v) is 3.33. The minimum Gasteiger partial charge on any atom is -0.493 e. The molecular weight excluding hydrogens is 272 g/mol. The molecule has 1 unspecified atom stereocenters. The number of aromatic nitrogens is 1. The number of nitrogens with zero attached hydrogens (tertiary/aromatic N) is 1. The van der Waals surface area contributed by atoms with Crippen molar-refractivity contribution >= 4 is 11.6 Å². The van der Waals surface area contributed by atoms with Crippen LogP contribution in [0, 0.1) is 0 Å². The van der Waals surface area contributed by atoms with Crippen LogP contribution in [0.15, 0.2) is 42.7 Å². The Morgan fingerprint density at radius 3 is 2.85 bits per heavy atom. The predicted molar refractivity (Wildman–Crippen MR) is 82.2 cm³/mol. The van der Waals surface area contributed by atoms with Crippen molar-refractivity contribution in [3.8, 4) is 5.75 Å². The van der Waals surface area contributed by atoms with Crippen molar-refractivity contribution in [2.75, 3.05) is 6.61 Å². The first kappa shape index (κ1) is 14.8. The molecular formula is C16H19ClN2O. The summed E-state index contributed by atoms with van der Waals surface area (Å²) in [4.78, 5) is 4.09. The van der Waals surface area contributed by atoms with Crippen LogP contribution in [0.3, 0.4) is 0 Å². The summed E-state index contributed by atoms with van der Waals surface area (Å²) < 4.78 is 5.86. The molecule has 2 N–H and O–H groups in total. The molecule has 1 atom stereocenters. The van der Waals surface area contributed by atoms with Crippen LogP contribution in [-0.4, -0.2) is 17.6 Å². The second kappa shape index (κ2) is 7.27. The van der Waals surface area contributed by atoms with Crippen LogP contribution in [0.4, 0.5) is 0 Å². The zero-order valence-corrected chi connectivity index (χ0v) is 12.3. The summed E-state index contributed by atoms with van der Waals surface area (Å²) in [5, 5.41) is 0.709. The van der Waals surface area contributed by atoms with Crippen LogP contribution in [0.25, 0.3) is 0 Å². The summed E-state index contributed by atoms with van der Waals surface area (Å²) in [6.45, 7) is 2.56. The van der Waals surface area contributed by atoms with Gasteiger partial charge in [-0.05, 0) is 37.1 Å². The molecule has 0 spiro atoms. The van der Waals surface area contributed by atoms with E-state index >= 15 is 0 Å². The lowest BCUT2D eigenvalue weighted by molar-refractivity contribution is 0.318. The molecule has 0 aliphatic carbocycles. The zero-order valence-electron chi connectivity index (χ0n) is 11.6. The SMILES string of the molecule is CC(N)Cc1c(Cl)cccc1OCCc1cccnc1. The van der Waals surface area contributed by atoms with Gasteiger partial charge in [-0.1, -0.05) is 23.7 Å². The molecule has 0 amide bonds. The van der Waals surface area contributed by atoms with Gasteiger partial charge in [-0.3, -0.25) is 4.98 Å². The lowest BCUT2D eigenvalue weighted by Gasteiger charge is -2.14. The van der Waals surface area contributed by atoms with Gasteiger partial charge in [0.05, 0.1) is 6.61 Å². The highest BCUT2D eigenvalue weighted by molar-refractivity contribution is 6.31. The van der Waals surface area contributed by atoms with E-state index in [9.17, 15) is 0 Å². The summed E-state index contributed by atoms with van der Waals surface area (Å²) in [5.74, 6) is 0.818. The van der Waals surface area contributed by atoms with Crippen molar-refractivity contribution in [2.45, 2.75) is 25.8 Å². The molecule has 2 rings (SSSR count). The van der Waals surface area contributed by atoms with Crippen LogP contribution in [0.1, 0.15) is 18.1 Å². The Morgan fingerprint density at radius 1 is 1.30 bits per heavy atom. The van der Waals surface area contributed by atoms with Crippen LogP contribution in [0.2, 0.25) is 5.02 Å². The van der Waals surface area contributed by atoms with E-state index in [1.807, 2.05) is 43.5 Å². The Bertz CT molecular complexity index is 543. The number of pyridine rings is 1. The van der Waals surface area contributed by atoms with Gasteiger partial charge in [0.25, 0.3) is 0 Å². The number of nitrogens with two attached hydrogens (primary N) is 1. The summed E-state index contributed by atoms with van der Waals surface area (Å²) in [5.41, 5.74) is 8.00. The molecule has 3 nitrogen and oxygen atoms in total. The Balaban J connectivity index is 2.00. The smallest absolute Gasteiger partial charge is 0.124 e. The highest BCUT2D eigenvalue weighted by Gasteiger charge is 2.10. The first-order valence-electron chi connectivity index (χ1n) is 6.71. The molecule has 0 aliphatic heterocycles. The number of hydrogen-bond acceptors (Lipinski definition) is 3. The maximum absolute atomic E-state index is 6.22. The van der Waals surface area contributed by atoms with E-state index in [-0.39, 0.29) is 6.04 Å². The number of hydrogen-bond donors (Lipinski definition) is 1. The van der Waals surface area contributed by atoms with E-state index in [4.69, 9.17) is 22.1 Å². The van der Waals surface area contributed by atoms with Gasteiger partial charge in [-0.25, -0.2) is 0 Å². The van der Waals surface area contributed by atoms with E-state index in [1.54, 1.807) is 6.20 Å². The number of halogens is 1. The summed E-state index contributed by atoms with van der Waals surface area (Å²) in [6.07, 6.45) is 5.14. The minimum atomic E-state index is 0.0515. The molecule has 0 saturated carbocycles. The van der Waals surface area contributed by atoms with Crippen LogP contribution in [0.5, 0.6) is 5.75 Å². The van der Waals surface area contributed by atoms with Gasteiger partial charge < -0.3 is 10.5 Å². The third-order valence-electron chi connectivity index (χ3n) is 2.97. The molecule has 0 fully saturated rings. The highest BCUT2D eigenvalue weighted by atomic mass is 35.5. The van der Waals surface area contributed by atoms with E-state index in [0.29, 0.717) is 18.1 Å². The Labute approximate surface area is 124 Å². The van der Waals surface area contributed by atoms with Crippen molar-refractivity contribution in [3.63, 3.8) is 0 Å². The first-order chi connectivity index (χ1) is 9.66. The van der Waals surface area contributed by atoms with Crippen molar-refractivity contribution in [1.29, 1.82) is 0 Å². The molecule has 0 bridgehead atoms. The van der Waals surface area contributed by atoms with Crippen LogP contribution < -0.4 is 10.5 Å². The molecule has 20 heavy (non-hydrogen) atoms. The van der Waals surface area contributed by atoms with E-state index in [1.165, 1.54) is 0 Å². The van der Waals surface area contributed by atoms with E-state index < -0.39 is 0 Å². The van der Waals surface area contributed by atoms with E-state index in [2.05, 4.69) is 4.98 Å². The molecule has 1 aromatic heterocycles. The van der Waals surface area contributed by atoms with E-state index in [0.717, 1.165) is 23.3 Å². The lowest BCUT2D eigenvalue weighted by atomic mass is 10.1. The van der Waals surface area contributed by atoms with Crippen LogP contribution >= 0.6 is 11.6 Å². The predicted octanol–water partition coefficient (Wildman–Crippen LogP) is 3.25. The van der Waals surface area contributed by atoms with Crippen molar-refractivity contribution < 1.29 is 4.74 Å². The zero-order chi connectivity index (χ0) is 14.4. The standard InChI is InChI=1S/C16H19ClN2O/c1-12(18)10-14-15(17)5-2-6-16(14)20-9-7-13-4-3-8-19-11-13/h2-6,8,11-12H,7,9-10,18H2,1H3. The second-order valence-electron chi connectivity index (χ2n) is 4.86. The maximum atomic E-state index is 6.22. The molecule has 0 saturated heterocycles. The van der Waals surface area contributed by atoms with Gasteiger partial charge in [0, 0.05) is 35.4 Å². The molecule has 106 valence electrons. The third kappa shape index (κ3) is 4.22. The van der Waals surface area contributed by atoms with Gasteiger partial charge >= 0.3 is 0 Å². The van der Waals surface area contributed by atoms with Gasteiger partial charge in [0.2, 0.25) is 0 Å². The molecule has 0 aliphatic rings. The highest BCUT2D eigenvalue weighted by Crippen LogP contribution is 2.27. The minimum absolute atomic E-state index is 0.0515. The average molecular weight is 291 g/mol. The fraction of sp³-hybridized carbons (Fsp3) is 0.312. The summed E-state index contributed by atoms with van der Waals surface area (Å²) >= 11 is 6.22. The summed E-state index contributed by atoms with van der Waals surface area (Å²) in [7, 11) is 0. The maximum Gasteiger partial charge on any atom is 0.124 e. The Kier molecular flexibility index (Phi) is 5.39. The molecule has 2 aromatic rings. The van der Waals surface area contributed by atoms with Crippen molar-refractivity contribution in [2.24, 2.45) is 5.73 Å². The monoisotopic (exact) mass is 290 g/mol. The normalized spacial score (nSPS) is 12.2. The molecule has 1 aromatic carbocycles. The largest absolute Gasteiger partial charge is 0.493 e.